The molecule has 0 saturated carbocycles. The van der Waals surface area contributed by atoms with E-state index in [1.807, 2.05) is 0 Å². The van der Waals surface area contributed by atoms with Crippen LogP contribution in [-0.2, 0) is 17.7 Å². The third-order valence-electron chi connectivity index (χ3n) is 3.20. The minimum Gasteiger partial charge on any atom is -0.379 e. The van der Waals surface area contributed by atoms with Crippen LogP contribution in [0.3, 0.4) is 0 Å². The highest BCUT2D eigenvalue weighted by atomic mass is 16.5. The monoisotopic (exact) mass is 234 g/mol. The molecule has 0 spiro atoms. The molecule has 0 amide bonds. The maximum absolute atomic E-state index is 5.51. The fourth-order valence-corrected chi connectivity index (χ4v) is 2.14. The highest BCUT2D eigenvalue weighted by Crippen LogP contribution is 2.10. The number of hydrogen-bond acceptors (Lipinski definition) is 3. The van der Waals surface area contributed by atoms with Gasteiger partial charge in [-0.1, -0.05) is 24.3 Å². The fourth-order valence-electron chi connectivity index (χ4n) is 2.14. The largest absolute Gasteiger partial charge is 0.379 e. The van der Waals surface area contributed by atoms with Crippen molar-refractivity contribution in [1.29, 1.82) is 0 Å². The summed E-state index contributed by atoms with van der Waals surface area (Å²) in [4.78, 5) is 2.44. The molecule has 0 unspecified atom stereocenters. The topological polar surface area (TPSA) is 38.5 Å². The second kappa shape index (κ2) is 6.74. The summed E-state index contributed by atoms with van der Waals surface area (Å²) in [6.07, 6.45) is 2.16. The number of rotatable bonds is 5. The quantitative estimate of drug-likeness (QED) is 0.837. The van der Waals surface area contributed by atoms with Gasteiger partial charge in [-0.2, -0.15) is 0 Å². The second-order valence-corrected chi connectivity index (χ2v) is 4.60. The Balaban J connectivity index is 1.84. The molecular weight excluding hydrogens is 212 g/mol. The van der Waals surface area contributed by atoms with Crippen LogP contribution in [0.5, 0.6) is 0 Å². The SMILES string of the molecule is NCCCc1ccc(CN2CCOCC2)cc1. The fraction of sp³-hybridized carbons (Fsp3) is 0.571. The Hall–Kier alpha value is -0.900. The second-order valence-electron chi connectivity index (χ2n) is 4.60. The summed E-state index contributed by atoms with van der Waals surface area (Å²) in [5, 5.41) is 0. The molecule has 1 aliphatic heterocycles. The number of aryl methyl sites for hydroxylation is 1. The van der Waals surface area contributed by atoms with E-state index >= 15 is 0 Å². The minimum absolute atomic E-state index is 0.773. The Morgan fingerprint density at radius 2 is 1.71 bits per heavy atom. The molecule has 3 heteroatoms. The van der Waals surface area contributed by atoms with Crippen LogP contribution in [0.15, 0.2) is 24.3 Å². The first-order valence-electron chi connectivity index (χ1n) is 6.46. The number of hydrogen-bond donors (Lipinski definition) is 1. The zero-order valence-electron chi connectivity index (χ0n) is 10.4. The van der Waals surface area contributed by atoms with Gasteiger partial charge in [0.15, 0.2) is 0 Å². The molecular formula is C14H22N2O. The number of benzene rings is 1. The summed E-state index contributed by atoms with van der Waals surface area (Å²) in [7, 11) is 0. The lowest BCUT2D eigenvalue weighted by Gasteiger charge is -2.26. The van der Waals surface area contributed by atoms with Crippen molar-refractivity contribution in [2.45, 2.75) is 19.4 Å². The number of ether oxygens (including phenoxy) is 1. The summed E-state index contributed by atoms with van der Waals surface area (Å²) in [6, 6.07) is 8.93. The van der Waals surface area contributed by atoms with Crippen molar-refractivity contribution < 1.29 is 4.74 Å². The minimum atomic E-state index is 0.773. The molecule has 1 heterocycles. The van der Waals surface area contributed by atoms with E-state index in [4.69, 9.17) is 10.5 Å². The molecule has 17 heavy (non-hydrogen) atoms. The molecule has 0 bridgehead atoms. The zero-order valence-corrected chi connectivity index (χ0v) is 10.4. The Kier molecular flexibility index (Phi) is 4.98. The molecule has 0 atom stereocenters. The Labute approximate surface area is 104 Å². The molecule has 2 rings (SSSR count). The zero-order chi connectivity index (χ0) is 11.9. The lowest BCUT2D eigenvalue weighted by atomic mass is 10.1. The first-order chi connectivity index (χ1) is 8.38. The van der Waals surface area contributed by atoms with Crippen molar-refractivity contribution in [1.82, 2.24) is 4.90 Å². The summed E-state index contributed by atoms with van der Waals surface area (Å²) in [5.41, 5.74) is 8.29. The van der Waals surface area contributed by atoms with Gasteiger partial charge in [-0.05, 0) is 30.5 Å². The molecule has 1 aliphatic rings. The lowest BCUT2D eigenvalue weighted by molar-refractivity contribution is 0.0342. The molecule has 1 aromatic rings. The Morgan fingerprint density at radius 1 is 1.06 bits per heavy atom. The van der Waals surface area contributed by atoms with E-state index in [1.165, 1.54) is 11.1 Å². The van der Waals surface area contributed by atoms with Gasteiger partial charge < -0.3 is 10.5 Å². The normalized spacial score (nSPS) is 17.2. The van der Waals surface area contributed by atoms with E-state index in [0.29, 0.717) is 0 Å². The average molecular weight is 234 g/mol. The summed E-state index contributed by atoms with van der Waals surface area (Å²) in [5.74, 6) is 0. The molecule has 1 aromatic carbocycles. The smallest absolute Gasteiger partial charge is 0.0594 e. The van der Waals surface area contributed by atoms with Gasteiger partial charge >= 0.3 is 0 Å². The van der Waals surface area contributed by atoms with Crippen LogP contribution in [0.4, 0.5) is 0 Å². The predicted molar refractivity (Wildman–Crippen MR) is 69.9 cm³/mol. The molecule has 1 saturated heterocycles. The predicted octanol–water partition coefficient (Wildman–Crippen LogP) is 1.41. The van der Waals surface area contributed by atoms with Crippen molar-refractivity contribution in [2.75, 3.05) is 32.8 Å². The van der Waals surface area contributed by atoms with Crippen molar-refractivity contribution in [2.24, 2.45) is 5.73 Å². The van der Waals surface area contributed by atoms with E-state index in [0.717, 1.165) is 52.2 Å². The van der Waals surface area contributed by atoms with Crippen molar-refractivity contribution in [3.63, 3.8) is 0 Å². The van der Waals surface area contributed by atoms with Crippen LogP contribution in [0.1, 0.15) is 17.5 Å². The van der Waals surface area contributed by atoms with Crippen LogP contribution in [0.25, 0.3) is 0 Å². The van der Waals surface area contributed by atoms with Gasteiger partial charge in [0.25, 0.3) is 0 Å². The van der Waals surface area contributed by atoms with Crippen LogP contribution in [0, 0.1) is 0 Å². The van der Waals surface area contributed by atoms with Gasteiger partial charge in [0.2, 0.25) is 0 Å². The van der Waals surface area contributed by atoms with E-state index in [-0.39, 0.29) is 0 Å². The third kappa shape index (κ3) is 4.11. The van der Waals surface area contributed by atoms with Crippen LogP contribution < -0.4 is 5.73 Å². The van der Waals surface area contributed by atoms with E-state index < -0.39 is 0 Å². The van der Waals surface area contributed by atoms with Gasteiger partial charge in [0.1, 0.15) is 0 Å². The molecule has 0 aliphatic carbocycles. The third-order valence-corrected chi connectivity index (χ3v) is 3.20. The van der Waals surface area contributed by atoms with Gasteiger partial charge in [-0.15, -0.1) is 0 Å². The molecule has 1 fully saturated rings. The molecule has 2 N–H and O–H groups in total. The van der Waals surface area contributed by atoms with Gasteiger partial charge in [-0.3, -0.25) is 4.90 Å². The Morgan fingerprint density at radius 3 is 2.35 bits per heavy atom. The van der Waals surface area contributed by atoms with Crippen LogP contribution in [-0.4, -0.2) is 37.7 Å². The summed E-state index contributed by atoms with van der Waals surface area (Å²) >= 11 is 0. The van der Waals surface area contributed by atoms with Gasteiger partial charge in [-0.25, -0.2) is 0 Å². The van der Waals surface area contributed by atoms with E-state index in [2.05, 4.69) is 29.2 Å². The van der Waals surface area contributed by atoms with E-state index in [1.54, 1.807) is 0 Å². The average Bonchev–Trinajstić information content (AvgIpc) is 2.39. The van der Waals surface area contributed by atoms with Crippen molar-refractivity contribution >= 4 is 0 Å². The molecule has 0 aromatic heterocycles. The summed E-state index contributed by atoms with van der Waals surface area (Å²) in [6.45, 7) is 5.66. The number of nitrogens with zero attached hydrogens (tertiary/aromatic N) is 1. The van der Waals surface area contributed by atoms with Crippen molar-refractivity contribution in [3.05, 3.63) is 35.4 Å². The molecule has 0 radical (unpaired) electrons. The van der Waals surface area contributed by atoms with E-state index in [9.17, 15) is 0 Å². The van der Waals surface area contributed by atoms with Gasteiger partial charge in [0.05, 0.1) is 13.2 Å². The standard InChI is InChI=1S/C14H22N2O/c15-7-1-2-13-3-5-14(6-4-13)12-16-8-10-17-11-9-16/h3-6H,1-2,7-12,15H2. The van der Waals surface area contributed by atoms with Crippen LogP contribution in [0.2, 0.25) is 0 Å². The number of nitrogens with two attached hydrogens (primary N) is 1. The molecule has 3 nitrogen and oxygen atoms in total. The first-order valence-corrected chi connectivity index (χ1v) is 6.46. The summed E-state index contributed by atoms with van der Waals surface area (Å²) < 4.78 is 5.35. The highest BCUT2D eigenvalue weighted by Gasteiger charge is 2.10. The highest BCUT2D eigenvalue weighted by molar-refractivity contribution is 5.22. The molecule has 94 valence electrons. The Bertz CT molecular complexity index is 317. The van der Waals surface area contributed by atoms with Crippen LogP contribution >= 0.6 is 0 Å². The number of morpholine rings is 1. The van der Waals surface area contributed by atoms with Gasteiger partial charge in [0, 0.05) is 19.6 Å². The maximum Gasteiger partial charge on any atom is 0.0594 e. The first kappa shape index (κ1) is 12.6. The van der Waals surface area contributed by atoms with Crippen molar-refractivity contribution in [3.8, 4) is 0 Å². The maximum atomic E-state index is 5.51. The lowest BCUT2D eigenvalue weighted by Crippen LogP contribution is -2.35.